The maximum Gasteiger partial charge on any atom is 0.269 e. The summed E-state index contributed by atoms with van der Waals surface area (Å²) in [5.74, 6) is -0.348. The Hall–Kier alpha value is -0.840. The zero-order valence-electron chi connectivity index (χ0n) is 8.14. The molecule has 1 fully saturated rings. The first-order chi connectivity index (χ1) is 7.48. The molecule has 1 N–H and O–H groups in total. The Morgan fingerprint density at radius 3 is 2.31 bits per heavy atom. The zero-order valence-corrected chi connectivity index (χ0v) is 9.65. The molecule has 0 aliphatic heterocycles. The van der Waals surface area contributed by atoms with Crippen molar-refractivity contribution >= 4 is 28.9 Å². The van der Waals surface area contributed by atoms with Crippen LogP contribution in [-0.2, 0) is 0 Å². The van der Waals surface area contributed by atoms with Gasteiger partial charge in [-0.15, -0.1) is 23.2 Å². The Morgan fingerprint density at radius 1 is 1.38 bits per heavy atom. The minimum Gasteiger partial charge on any atom is -0.396 e. The molecule has 1 aliphatic rings. The molecule has 0 saturated heterocycles. The number of nitrogens with zero attached hydrogens (tertiary/aromatic N) is 1. The van der Waals surface area contributed by atoms with Gasteiger partial charge < -0.3 is 5.11 Å². The van der Waals surface area contributed by atoms with Gasteiger partial charge in [-0.1, -0.05) is 12.1 Å². The Balaban J connectivity index is 2.21. The number of alkyl halides is 2. The molecule has 4 nitrogen and oxygen atoms in total. The Labute approximate surface area is 102 Å². The third-order valence-corrected chi connectivity index (χ3v) is 3.89. The normalized spacial score (nSPS) is 26.4. The number of benzene rings is 1. The lowest BCUT2D eigenvalue weighted by Gasteiger charge is -1.99. The number of hydrogen-bond donors (Lipinski definition) is 1. The quantitative estimate of drug-likeness (QED) is 0.517. The number of nitro benzene ring substituents is 1. The molecule has 6 heteroatoms. The summed E-state index contributed by atoms with van der Waals surface area (Å²) in [5, 5.41) is 19.5. The molecule has 16 heavy (non-hydrogen) atoms. The molecule has 1 aromatic rings. The second-order valence-electron chi connectivity index (χ2n) is 3.79. The van der Waals surface area contributed by atoms with E-state index in [4.69, 9.17) is 28.3 Å². The zero-order chi connectivity index (χ0) is 11.9. The molecule has 2 atom stereocenters. The number of aliphatic hydroxyl groups is 1. The monoisotopic (exact) mass is 261 g/mol. The highest BCUT2D eigenvalue weighted by Crippen LogP contribution is 2.64. The van der Waals surface area contributed by atoms with Gasteiger partial charge in [0.2, 0.25) is 0 Å². The van der Waals surface area contributed by atoms with E-state index in [-0.39, 0.29) is 24.1 Å². The van der Waals surface area contributed by atoms with Gasteiger partial charge in [0.25, 0.3) is 5.69 Å². The van der Waals surface area contributed by atoms with E-state index >= 15 is 0 Å². The third kappa shape index (κ3) is 1.77. The number of aliphatic hydroxyl groups excluding tert-OH is 1. The van der Waals surface area contributed by atoms with Gasteiger partial charge >= 0.3 is 0 Å². The van der Waals surface area contributed by atoms with Gasteiger partial charge in [0.05, 0.1) is 4.92 Å². The van der Waals surface area contributed by atoms with Gasteiger partial charge in [0.1, 0.15) is 4.33 Å². The third-order valence-electron chi connectivity index (χ3n) is 2.86. The van der Waals surface area contributed by atoms with E-state index < -0.39 is 9.26 Å². The van der Waals surface area contributed by atoms with Crippen LogP contribution in [0.5, 0.6) is 0 Å². The van der Waals surface area contributed by atoms with E-state index in [1.807, 2.05) is 0 Å². The van der Waals surface area contributed by atoms with Crippen molar-refractivity contribution in [3.05, 3.63) is 39.9 Å². The number of nitro groups is 1. The summed E-state index contributed by atoms with van der Waals surface area (Å²) in [6.45, 7) is -0.0886. The molecule has 0 heterocycles. The molecule has 1 aliphatic carbocycles. The van der Waals surface area contributed by atoms with Crippen LogP contribution in [-0.4, -0.2) is 21.0 Å². The SMILES string of the molecule is O=[N+]([O-])c1ccc([C@H]2[C@H](CO)C2(Cl)Cl)cc1. The topological polar surface area (TPSA) is 63.4 Å². The van der Waals surface area contributed by atoms with Crippen molar-refractivity contribution in [2.75, 3.05) is 6.61 Å². The van der Waals surface area contributed by atoms with Crippen molar-refractivity contribution < 1.29 is 10.0 Å². The fourth-order valence-corrected chi connectivity index (χ4v) is 2.70. The van der Waals surface area contributed by atoms with E-state index in [0.717, 1.165) is 5.56 Å². The molecule has 0 bridgehead atoms. The van der Waals surface area contributed by atoms with Crippen molar-refractivity contribution in [3.63, 3.8) is 0 Å². The summed E-state index contributed by atoms with van der Waals surface area (Å²) >= 11 is 12.0. The van der Waals surface area contributed by atoms with E-state index in [0.29, 0.717) is 0 Å². The molecule has 1 saturated carbocycles. The van der Waals surface area contributed by atoms with Gasteiger partial charge in [0, 0.05) is 30.6 Å². The summed E-state index contributed by atoms with van der Waals surface area (Å²) in [6, 6.07) is 6.06. The van der Waals surface area contributed by atoms with E-state index in [1.54, 1.807) is 12.1 Å². The number of non-ortho nitro benzene ring substituents is 1. The van der Waals surface area contributed by atoms with Crippen LogP contribution < -0.4 is 0 Å². The van der Waals surface area contributed by atoms with Crippen LogP contribution in [0, 0.1) is 16.0 Å². The lowest BCUT2D eigenvalue weighted by molar-refractivity contribution is -0.384. The van der Waals surface area contributed by atoms with Crippen LogP contribution in [0.1, 0.15) is 11.5 Å². The fourth-order valence-electron chi connectivity index (χ4n) is 1.88. The lowest BCUT2D eigenvalue weighted by Crippen LogP contribution is -1.93. The Kier molecular flexibility index (Phi) is 2.82. The minimum absolute atomic E-state index is 0.0275. The molecule has 0 unspecified atom stereocenters. The van der Waals surface area contributed by atoms with Gasteiger partial charge in [-0.3, -0.25) is 10.1 Å². The van der Waals surface area contributed by atoms with Crippen molar-refractivity contribution in [1.29, 1.82) is 0 Å². The highest BCUT2D eigenvalue weighted by atomic mass is 35.5. The fraction of sp³-hybridized carbons (Fsp3) is 0.400. The molecule has 86 valence electrons. The summed E-state index contributed by atoms with van der Waals surface area (Å²) in [6.07, 6.45) is 0. The molecule has 0 radical (unpaired) electrons. The second-order valence-corrected chi connectivity index (χ2v) is 5.23. The summed E-state index contributed by atoms with van der Waals surface area (Å²) < 4.78 is -0.953. The lowest BCUT2D eigenvalue weighted by atomic mass is 10.1. The molecule has 1 aromatic carbocycles. The predicted octanol–water partition coefficient (Wildman–Crippen LogP) is 2.47. The maximum atomic E-state index is 10.5. The number of rotatable bonds is 3. The van der Waals surface area contributed by atoms with Gasteiger partial charge in [-0.2, -0.15) is 0 Å². The molecular weight excluding hydrogens is 253 g/mol. The predicted molar refractivity (Wildman–Crippen MR) is 60.9 cm³/mol. The second kappa shape index (κ2) is 3.87. The summed E-state index contributed by atoms with van der Waals surface area (Å²) in [7, 11) is 0. The Bertz CT molecular complexity index is 419. The first-order valence-corrected chi connectivity index (χ1v) is 5.47. The summed E-state index contributed by atoms with van der Waals surface area (Å²) in [4.78, 5) is 10.00. The van der Waals surface area contributed by atoms with Crippen LogP contribution in [0.4, 0.5) is 5.69 Å². The van der Waals surface area contributed by atoms with E-state index in [1.165, 1.54) is 12.1 Å². The van der Waals surface area contributed by atoms with Crippen LogP contribution in [0.3, 0.4) is 0 Å². The average molecular weight is 262 g/mol. The van der Waals surface area contributed by atoms with Crippen molar-refractivity contribution in [2.45, 2.75) is 10.3 Å². The van der Waals surface area contributed by atoms with Crippen molar-refractivity contribution in [1.82, 2.24) is 0 Å². The van der Waals surface area contributed by atoms with E-state index in [2.05, 4.69) is 0 Å². The van der Waals surface area contributed by atoms with Gasteiger partial charge in [-0.05, 0) is 5.56 Å². The smallest absolute Gasteiger partial charge is 0.269 e. The van der Waals surface area contributed by atoms with Crippen molar-refractivity contribution in [3.8, 4) is 0 Å². The minimum atomic E-state index is -0.953. The first-order valence-electron chi connectivity index (χ1n) is 4.71. The van der Waals surface area contributed by atoms with Gasteiger partial charge in [0.15, 0.2) is 0 Å². The summed E-state index contributed by atoms with van der Waals surface area (Å²) in [5.41, 5.74) is 0.842. The molecule has 2 rings (SSSR count). The highest BCUT2D eigenvalue weighted by Gasteiger charge is 2.63. The standard InChI is InChI=1S/C10H9Cl2NO3/c11-10(12)8(5-14)9(10)6-1-3-7(4-2-6)13(15)16/h1-4,8-9,14H,5H2/t8-,9-/m0/s1. The highest BCUT2D eigenvalue weighted by molar-refractivity contribution is 6.51. The van der Waals surface area contributed by atoms with Crippen LogP contribution in [0.15, 0.2) is 24.3 Å². The largest absolute Gasteiger partial charge is 0.396 e. The molecule has 0 amide bonds. The van der Waals surface area contributed by atoms with Crippen LogP contribution in [0.2, 0.25) is 0 Å². The average Bonchev–Trinajstić information content (AvgIpc) is 2.80. The first kappa shape index (κ1) is 11.6. The van der Waals surface area contributed by atoms with Crippen LogP contribution in [0.25, 0.3) is 0 Å². The maximum absolute atomic E-state index is 10.5. The van der Waals surface area contributed by atoms with Gasteiger partial charge in [-0.25, -0.2) is 0 Å². The molecular formula is C10H9Cl2NO3. The molecule has 0 aromatic heterocycles. The van der Waals surface area contributed by atoms with E-state index in [9.17, 15) is 10.1 Å². The number of halogens is 2. The van der Waals surface area contributed by atoms with Crippen LogP contribution >= 0.6 is 23.2 Å². The number of hydrogen-bond acceptors (Lipinski definition) is 3. The molecule has 0 spiro atoms. The van der Waals surface area contributed by atoms with Crippen molar-refractivity contribution in [2.24, 2.45) is 5.92 Å². The Morgan fingerprint density at radius 2 is 1.94 bits per heavy atom.